The van der Waals surface area contributed by atoms with Crippen molar-refractivity contribution in [1.82, 2.24) is 9.80 Å². The number of benzene rings is 1. The molecule has 1 aromatic rings. The molecule has 0 bridgehead atoms. The number of methoxy groups -OCH3 is 1. The van der Waals surface area contributed by atoms with Crippen molar-refractivity contribution in [1.29, 1.82) is 0 Å². The van der Waals surface area contributed by atoms with E-state index in [1.54, 1.807) is 16.9 Å². The zero-order valence-electron chi connectivity index (χ0n) is 10.1. The monoisotopic (exact) mass is 235 g/mol. The number of hydrogen-bond acceptors (Lipinski definition) is 3. The first-order chi connectivity index (χ1) is 8.11. The van der Waals surface area contributed by atoms with Crippen molar-refractivity contribution in [2.24, 2.45) is 0 Å². The SMILES string of the molecule is COc1ccc(CN2CCN(C)C2=O)cc1N. The first-order valence-corrected chi connectivity index (χ1v) is 5.54. The Morgan fingerprint density at radius 1 is 1.41 bits per heavy atom. The number of ether oxygens (including phenoxy) is 1. The standard InChI is InChI=1S/C12H17N3O2/c1-14-5-6-15(12(14)16)8-9-3-4-11(17-2)10(13)7-9/h3-4,7H,5-6,8,13H2,1-2H3. The molecule has 1 fully saturated rings. The van der Waals surface area contributed by atoms with Gasteiger partial charge in [-0.05, 0) is 17.7 Å². The second kappa shape index (κ2) is 4.53. The highest BCUT2D eigenvalue weighted by molar-refractivity contribution is 5.76. The molecule has 0 saturated carbocycles. The van der Waals surface area contributed by atoms with Crippen LogP contribution in [0.4, 0.5) is 10.5 Å². The second-order valence-corrected chi connectivity index (χ2v) is 4.20. The summed E-state index contributed by atoms with van der Waals surface area (Å²) in [5.41, 5.74) is 7.45. The maximum Gasteiger partial charge on any atom is 0.320 e. The van der Waals surface area contributed by atoms with E-state index in [4.69, 9.17) is 10.5 Å². The van der Waals surface area contributed by atoms with Crippen molar-refractivity contribution in [3.8, 4) is 5.75 Å². The molecule has 1 saturated heterocycles. The molecule has 2 amide bonds. The van der Waals surface area contributed by atoms with E-state index < -0.39 is 0 Å². The van der Waals surface area contributed by atoms with Crippen molar-refractivity contribution in [2.75, 3.05) is 33.0 Å². The molecule has 0 aromatic heterocycles. The van der Waals surface area contributed by atoms with E-state index in [0.29, 0.717) is 18.0 Å². The average Bonchev–Trinajstić information content (AvgIpc) is 2.61. The van der Waals surface area contributed by atoms with Gasteiger partial charge in [0.2, 0.25) is 0 Å². The van der Waals surface area contributed by atoms with E-state index in [2.05, 4.69) is 0 Å². The van der Waals surface area contributed by atoms with E-state index in [9.17, 15) is 4.79 Å². The van der Waals surface area contributed by atoms with Crippen LogP contribution in [0, 0.1) is 0 Å². The topological polar surface area (TPSA) is 58.8 Å². The molecule has 92 valence electrons. The van der Waals surface area contributed by atoms with Crippen LogP contribution in [-0.2, 0) is 6.54 Å². The largest absolute Gasteiger partial charge is 0.495 e. The summed E-state index contributed by atoms with van der Waals surface area (Å²) >= 11 is 0. The van der Waals surface area contributed by atoms with E-state index in [1.807, 2.05) is 25.2 Å². The van der Waals surface area contributed by atoms with Gasteiger partial charge in [-0.2, -0.15) is 0 Å². The average molecular weight is 235 g/mol. The van der Waals surface area contributed by atoms with Gasteiger partial charge in [0, 0.05) is 26.7 Å². The summed E-state index contributed by atoms with van der Waals surface area (Å²) in [5, 5.41) is 0. The van der Waals surface area contributed by atoms with Crippen LogP contribution in [0.3, 0.4) is 0 Å². The van der Waals surface area contributed by atoms with E-state index in [-0.39, 0.29) is 6.03 Å². The molecule has 0 unspecified atom stereocenters. The number of urea groups is 1. The van der Waals surface area contributed by atoms with Crippen molar-refractivity contribution >= 4 is 11.7 Å². The third-order valence-electron chi connectivity index (χ3n) is 2.97. The minimum atomic E-state index is 0.0689. The molecule has 5 nitrogen and oxygen atoms in total. The number of hydrogen-bond donors (Lipinski definition) is 1. The molecule has 0 aliphatic carbocycles. The van der Waals surface area contributed by atoms with Crippen LogP contribution in [0.2, 0.25) is 0 Å². The molecule has 0 spiro atoms. The molecule has 0 radical (unpaired) electrons. The number of carbonyl (C=O) groups excluding carboxylic acids is 1. The van der Waals surface area contributed by atoms with Crippen LogP contribution in [0.25, 0.3) is 0 Å². The summed E-state index contributed by atoms with van der Waals surface area (Å²) in [6, 6.07) is 5.68. The predicted octanol–water partition coefficient (Wildman–Crippen LogP) is 1.14. The predicted molar refractivity (Wildman–Crippen MR) is 65.8 cm³/mol. The van der Waals surface area contributed by atoms with Crippen LogP contribution in [0.1, 0.15) is 5.56 Å². The lowest BCUT2D eigenvalue weighted by molar-refractivity contribution is 0.197. The van der Waals surface area contributed by atoms with Crippen LogP contribution >= 0.6 is 0 Å². The number of rotatable bonds is 3. The molecular weight excluding hydrogens is 218 g/mol. The lowest BCUT2D eigenvalue weighted by Gasteiger charge is -2.16. The second-order valence-electron chi connectivity index (χ2n) is 4.20. The van der Waals surface area contributed by atoms with Gasteiger partial charge in [-0.3, -0.25) is 0 Å². The highest BCUT2D eigenvalue weighted by Gasteiger charge is 2.25. The summed E-state index contributed by atoms with van der Waals surface area (Å²) in [7, 11) is 3.40. The molecule has 1 aromatic carbocycles. The van der Waals surface area contributed by atoms with Gasteiger partial charge >= 0.3 is 6.03 Å². The summed E-state index contributed by atoms with van der Waals surface area (Å²) < 4.78 is 5.09. The third kappa shape index (κ3) is 2.27. The third-order valence-corrected chi connectivity index (χ3v) is 2.97. The van der Waals surface area contributed by atoms with Gasteiger partial charge in [-0.15, -0.1) is 0 Å². The van der Waals surface area contributed by atoms with Gasteiger partial charge in [0.1, 0.15) is 5.75 Å². The molecule has 5 heteroatoms. The first kappa shape index (κ1) is 11.6. The van der Waals surface area contributed by atoms with Crippen LogP contribution in [0.15, 0.2) is 18.2 Å². The summed E-state index contributed by atoms with van der Waals surface area (Å²) in [5.74, 6) is 0.665. The Balaban J connectivity index is 2.09. The van der Waals surface area contributed by atoms with Gasteiger partial charge in [0.25, 0.3) is 0 Å². The fourth-order valence-corrected chi connectivity index (χ4v) is 1.95. The van der Waals surface area contributed by atoms with Crippen LogP contribution in [-0.4, -0.2) is 43.1 Å². The van der Waals surface area contributed by atoms with Crippen molar-refractivity contribution in [3.63, 3.8) is 0 Å². The Morgan fingerprint density at radius 3 is 2.71 bits per heavy atom. The number of nitrogens with two attached hydrogens (primary N) is 1. The fraction of sp³-hybridized carbons (Fsp3) is 0.417. The van der Waals surface area contributed by atoms with Gasteiger partial charge < -0.3 is 20.3 Å². The Morgan fingerprint density at radius 2 is 2.18 bits per heavy atom. The molecule has 17 heavy (non-hydrogen) atoms. The zero-order valence-corrected chi connectivity index (χ0v) is 10.1. The molecular formula is C12H17N3O2. The number of nitrogens with zero attached hydrogens (tertiary/aromatic N) is 2. The molecule has 1 aliphatic heterocycles. The van der Waals surface area contributed by atoms with Crippen molar-refractivity contribution < 1.29 is 9.53 Å². The normalized spacial score (nSPS) is 15.5. The summed E-state index contributed by atoms with van der Waals surface area (Å²) in [6.07, 6.45) is 0. The fourth-order valence-electron chi connectivity index (χ4n) is 1.95. The molecule has 1 aliphatic rings. The van der Waals surface area contributed by atoms with Gasteiger partial charge in [-0.25, -0.2) is 4.79 Å². The molecule has 2 N–H and O–H groups in total. The Hall–Kier alpha value is -1.91. The minimum Gasteiger partial charge on any atom is -0.495 e. The van der Waals surface area contributed by atoms with Gasteiger partial charge in [0.05, 0.1) is 12.8 Å². The first-order valence-electron chi connectivity index (χ1n) is 5.54. The highest BCUT2D eigenvalue weighted by atomic mass is 16.5. The lowest BCUT2D eigenvalue weighted by Crippen LogP contribution is -2.28. The number of anilines is 1. The minimum absolute atomic E-state index is 0.0689. The van der Waals surface area contributed by atoms with E-state index >= 15 is 0 Å². The zero-order chi connectivity index (χ0) is 12.4. The number of nitrogen functional groups attached to an aromatic ring is 1. The Bertz CT molecular complexity index is 434. The summed E-state index contributed by atoms with van der Waals surface area (Å²) in [6.45, 7) is 2.14. The van der Waals surface area contributed by atoms with Crippen molar-refractivity contribution in [2.45, 2.75) is 6.54 Å². The maximum absolute atomic E-state index is 11.7. The number of likely N-dealkylation sites (N-methyl/N-ethyl adjacent to an activating group) is 1. The quantitative estimate of drug-likeness (QED) is 0.799. The van der Waals surface area contributed by atoms with E-state index in [0.717, 1.165) is 18.7 Å². The molecule has 2 rings (SSSR count). The smallest absolute Gasteiger partial charge is 0.320 e. The molecule has 1 heterocycles. The Labute approximate surface area is 101 Å². The highest BCUT2D eigenvalue weighted by Crippen LogP contribution is 2.23. The lowest BCUT2D eigenvalue weighted by atomic mass is 10.2. The summed E-state index contributed by atoms with van der Waals surface area (Å²) in [4.78, 5) is 15.2. The maximum atomic E-state index is 11.7. The van der Waals surface area contributed by atoms with Crippen molar-refractivity contribution in [3.05, 3.63) is 23.8 Å². The van der Waals surface area contributed by atoms with Crippen LogP contribution < -0.4 is 10.5 Å². The van der Waals surface area contributed by atoms with Gasteiger partial charge in [-0.1, -0.05) is 6.07 Å². The van der Waals surface area contributed by atoms with Crippen LogP contribution in [0.5, 0.6) is 5.75 Å². The number of amides is 2. The molecule has 0 atom stereocenters. The Kier molecular flexibility index (Phi) is 3.08. The van der Waals surface area contributed by atoms with E-state index in [1.165, 1.54) is 0 Å². The number of carbonyl (C=O) groups is 1. The van der Waals surface area contributed by atoms with Gasteiger partial charge in [0.15, 0.2) is 0 Å².